The number of rotatable bonds is 3. The minimum atomic E-state index is 0.140. The standard InChI is InChI=1S/C14H17N3O2/c1-10-5-12(17-4-2-3-13(17)19)6-15-14(10)16-7-11(8-16)9-18/h5-6,9,11H,2-4,7-8H2,1H3. The van der Waals surface area contributed by atoms with Crippen LogP contribution in [0.3, 0.4) is 0 Å². The van der Waals surface area contributed by atoms with Crippen molar-refractivity contribution < 1.29 is 9.59 Å². The number of pyridine rings is 1. The molecular weight excluding hydrogens is 242 g/mol. The molecule has 1 amide bonds. The van der Waals surface area contributed by atoms with E-state index in [0.29, 0.717) is 6.42 Å². The van der Waals surface area contributed by atoms with Crippen molar-refractivity contribution in [2.75, 3.05) is 29.4 Å². The van der Waals surface area contributed by atoms with Gasteiger partial charge in [0, 0.05) is 32.0 Å². The predicted molar refractivity (Wildman–Crippen MR) is 72.3 cm³/mol. The summed E-state index contributed by atoms with van der Waals surface area (Å²) in [4.78, 5) is 30.7. The summed E-state index contributed by atoms with van der Waals surface area (Å²) in [5.41, 5.74) is 1.94. The van der Waals surface area contributed by atoms with Crippen molar-refractivity contribution in [2.45, 2.75) is 19.8 Å². The Morgan fingerprint density at radius 1 is 1.42 bits per heavy atom. The lowest BCUT2D eigenvalue weighted by Crippen LogP contribution is -2.48. The molecule has 5 heteroatoms. The van der Waals surface area contributed by atoms with Crippen LogP contribution in [0.4, 0.5) is 11.5 Å². The fourth-order valence-corrected chi connectivity index (χ4v) is 2.72. The summed E-state index contributed by atoms with van der Waals surface area (Å²) in [6, 6.07) is 2.01. The first-order valence-electron chi connectivity index (χ1n) is 6.66. The van der Waals surface area contributed by atoms with Gasteiger partial charge in [-0.15, -0.1) is 0 Å². The molecule has 19 heavy (non-hydrogen) atoms. The van der Waals surface area contributed by atoms with Crippen LogP contribution in [-0.2, 0) is 9.59 Å². The first-order valence-corrected chi connectivity index (χ1v) is 6.66. The molecule has 2 saturated heterocycles. The molecule has 0 bridgehead atoms. The second kappa shape index (κ2) is 4.64. The fourth-order valence-electron chi connectivity index (χ4n) is 2.72. The molecule has 0 radical (unpaired) electrons. The van der Waals surface area contributed by atoms with Gasteiger partial charge in [0.25, 0.3) is 0 Å². The molecule has 0 atom stereocenters. The molecule has 2 aliphatic rings. The van der Waals surface area contributed by atoms with E-state index in [1.54, 1.807) is 11.1 Å². The molecule has 3 heterocycles. The zero-order valence-electron chi connectivity index (χ0n) is 11.0. The van der Waals surface area contributed by atoms with Gasteiger partial charge in [-0.1, -0.05) is 0 Å². The summed E-state index contributed by atoms with van der Waals surface area (Å²) in [6.07, 6.45) is 4.32. The number of anilines is 2. The van der Waals surface area contributed by atoms with Crippen molar-refractivity contribution in [1.29, 1.82) is 0 Å². The minimum Gasteiger partial charge on any atom is -0.355 e. The van der Waals surface area contributed by atoms with Gasteiger partial charge in [-0.05, 0) is 25.0 Å². The number of aryl methyl sites for hydroxylation is 1. The van der Waals surface area contributed by atoms with E-state index >= 15 is 0 Å². The van der Waals surface area contributed by atoms with Crippen LogP contribution in [0, 0.1) is 12.8 Å². The van der Waals surface area contributed by atoms with Gasteiger partial charge < -0.3 is 14.6 Å². The fraction of sp³-hybridized carbons (Fsp3) is 0.500. The van der Waals surface area contributed by atoms with Gasteiger partial charge in [0.05, 0.1) is 11.9 Å². The molecule has 2 fully saturated rings. The Labute approximate surface area is 112 Å². The molecule has 1 aromatic heterocycles. The summed E-state index contributed by atoms with van der Waals surface area (Å²) in [6.45, 7) is 4.29. The highest BCUT2D eigenvalue weighted by Gasteiger charge is 2.29. The first-order chi connectivity index (χ1) is 9.19. The molecule has 100 valence electrons. The minimum absolute atomic E-state index is 0.140. The second-order valence-corrected chi connectivity index (χ2v) is 5.28. The number of aromatic nitrogens is 1. The van der Waals surface area contributed by atoms with E-state index in [1.165, 1.54) is 0 Å². The van der Waals surface area contributed by atoms with Crippen LogP contribution in [0.5, 0.6) is 0 Å². The van der Waals surface area contributed by atoms with E-state index in [9.17, 15) is 9.59 Å². The Morgan fingerprint density at radius 3 is 2.79 bits per heavy atom. The van der Waals surface area contributed by atoms with Crippen molar-refractivity contribution in [3.8, 4) is 0 Å². The summed E-state index contributed by atoms with van der Waals surface area (Å²) < 4.78 is 0. The first kappa shape index (κ1) is 12.1. The van der Waals surface area contributed by atoms with Crippen molar-refractivity contribution >= 4 is 23.7 Å². The molecule has 0 spiro atoms. The Morgan fingerprint density at radius 2 is 2.21 bits per heavy atom. The molecule has 1 aromatic rings. The van der Waals surface area contributed by atoms with Gasteiger partial charge in [-0.25, -0.2) is 4.98 Å². The third-order valence-corrected chi connectivity index (χ3v) is 3.82. The van der Waals surface area contributed by atoms with E-state index in [4.69, 9.17) is 0 Å². The maximum atomic E-state index is 11.7. The monoisotopic (exact) mass is 259 g/mol. The predicted octanol–water partition coefficient (Wildman–Crippen LogP) is 1.15. The Balaban J connectivity index is 1.78. The largest absolute Gasteiger partial charge is 0.355 e. The van der Waals surface area contributed by atoms with Gasteiger partial charge >= 0.3 is 0 Å². The quantitative estimate of drug-likeness (QED) is 0.764. The summed E-state index contributed by atoms with van der Waals surface area (Å²) >= 11 is 0. The van der Waals surface area contributed by atoms with Crippen LogP contribution < -0.4 is 9.80 Å². The number of carbonyl (C=O) groups is 2. The van der Waals surface area contributed by atoms with Crippen molar-refractivity contribution in [2.24, 2.45) is 5.92 Å². The number of carbonyl (C=O) groups excluding carboxylic acids is 2. The van der Waals surface area contributed by atoms with E-state index in [-0.39, 0.29) is 11.8 Å². The Bertz CT molecular complexity index is 523. The van der Waals surface area contributed by atoms with Gasteiger partial charge in [-0.2, -0.15) is 0 Å². The molecular formula is C14H17N3O2. The number of hydrogen-bond donors (Lipinski definition) is 0. The normalized spacial score (nSPS) is 19.7. The van der Waals surface area contributed by atoms with E-state index in [0.717, 1.165) is 49.4 Å². The lowest BCUT2D eigenvalue weighted by atomic mass is 10.0. The Kier molecular flexibility index (Phi) is 2.97. The van der Waals surface area contributed by atoms with Crippen molar-refractivity contribution in [3.05, 3.63) is 17.8 Å². The lowest BCUT2D eigenvalue weighted by molar-refractivity contribution is -0.117. The summed E-state index contributed by atoms with van der Waals surface area (Å²) in [5, 5.41) is 0. The third-order valence-electron chi connectivity index (χ3n) is 3.82. The van der Waals surface area contributed by atoms with Gasteiger partial charge in [0.1, 0.15) is 12.1 Å². The highest BCUT2D eigenvalue weighted by molar-refractivity contribution is 5.95. The van der Waals surface area contributed by atoms with E-state index in [2.05, 4.69) is 9.88 Å². The van der Waals surface area contributed by atoms with Crippen LogP contribution in [0.15, 0.2) is 12.3 Å². The number of aldehydes is 1. The second-order valence-electron chi connectivity index (χ2n) is 5.28. The van der Waals surface area contributed by atoms with Crippen LogP contribution in [0.25, 0.3) is 0 Å². The maximum absolute atomic E-state index is 11.7. The number of hydrogen-bond acceptors (Lipinski definition) is 4. The molecule has 0 aliphatic carbocycles. The number of amides is 1. The summed E-state index contributed by atoms with van der Waals surface area (Å²) in [5.74, 6) is 1.24. The van der Waals surface area contributed by atoms with E-state index in [1.807, 2.05) is 13.0 Å². The molecule has 2 aliphatic heterocycles. The van der Waals surface area contributed by atoms with Gasteiger partial charge in [0.15, 0.2) is 0 Å². The molecule has 0 aromatic carbocycles. The highest BCUT2D eigenvalue weighted by Crippen LogP contribution is 2.29. The van der Waals surface area contributed by atoms with Crippen LogP contribution in [0.2, 0.25) is 0 Å². The average Bonchev–Trinajstić information content (AvgIpc) is 2.76. The molecule has 0 N–H and O–H groups in total. The topological polar surface area (TPSA) is 53.5 Å². The highest BCUT2D eigenvalue weighted by atomic mass is 16.2. The maximum Gasteiger partial charge on any atom is 0.227 e. The smallest absolute Gasteiger partial charge is 0.227 e. The zero-order chi connectivity index (χ0) is 13.4. The van der Waals surface area contributed by atoms with E-state index < -0.39 is 0 Å². The lowest BCUT2D eigenvalue weighted by Gasteiger charge is -2.38. The summed E-state index contributed by atoms with van der Waals surface area (Å²) in [7, 11) is 0. The average molecular weight is 259 g/mol. The van der Waals surface area contributed by atoms with Crippen LogP contribution >= 0.6 is 0 Å². The third kappa shape index (κ3) is 2.09. The van der Waals surface area contributed by atoms with Gasteiger partial charge in [0.2, 0.25) is 5.91 Å². The van der Waals surface area contributed by atoms with Crippen molar-refractivity contribution in [1.82, 2.24) is 4.98 Å². The molecule has 0 unspecified atom stereocenters. The molecule has 5 nitrogen and oxygen atoms in total. The Hall–Kier alpha value is -1.91. The van der Waals surface area contributed by atoms with Crippen LogP contribution in [-0.4, -0.2) is 36.8 Å². The van der Waals surface area contributed by atoms with Crippen molar-refractivity contribution in [3.63, 3.8) is 0 Å². The molecule has 0 saturated carbocycles. The van der Waals surface area contributed by atoms with Crippen LogP contribution in [0.1, 0.15) is 18.4 Å². The SMILES string of the molecule is Cc1cc(N2CCCC2=O)cnc1N1CC(C=O)C1. The molecule has 3 rings (SSSR count). The number of nitrogens with zero attached hydrogens (tertiary/aromatic N) is 3. The van der Waals surface area contributed by atoms with Gasteiger partial charge in [-0.3, -0.25) is 4.79 Å². The zero-order valence-corrected chi connectivity index (χ0v) is 11.0.